The van der Waals surface area contributed by atoms with Crippen molar-refractivity contribution < 1.29 is 14.2 Å². The van der Waals surface area contributed by atoms with Crippen molar-refractivity contribution in [2.45, 2.75) is 39.5 Å². The third-order valence-corrected chi connectivity index (χ3v) is 3.26. The lowest BCUT2D eigenvalue weighted by Crippen LogP contribution is -2.12. The van der Waals surface area contributed by atoms with Crippen LogP contribution >= 0.6 is 0 Å². The van der Waals surface area contributed by atoms with Crippen LogP contribution in [0.3, 0.4) is 0 Å². The number of rotatable bonds is 7. The van der Waals surface area contributed by atoms with Crippen molar-refractivity contribution in [3.05, 3.63) is 29.6 Å². The molecule has 1 N–H and O–H groups in total. The lowest BCUT2D eigenvalue weighted by molar-refractivity contribution is 0.232. The van der Waals surface area contributed by atoms with Crippen molar-refractivity contribution in [1.82, 2.24) is 0 Å². The van der Waals surface area contributed by atoms with Crippen molar-refractivity contribution in [3.8, 4) is 17.6 Å². The predicted octanol–water partition coefficient (Wildman–Crippen LogP) is 3.76. The van der Waals surface area contributed by atoms with E-state index in [0.29, 0.717) is 23.8 Å². The van der Waals surface area contributed by atoms with Gasteiger partial charge < -0.3 is 9.84 Å². The van der Waals surface area contributed by atoms with Gasteiger partial charge in [0.2, 0.25) is 0 Å². The molecule has 0 aliphatic carbocycles. The van der Waals surface area contributed by atoms with Crippen LogP contribution in [-0.4, -0.2) is 18.3 Å². The monoisotopic (exact) mass is 278 g/mol. The van der Waals surface area contributed by atoms with E-state index in [1.165, 1.54) is 25.0 Å². The number of hydrogen-bond acceptors (Lipinski definition) is 2. The van der Waals surface area contributed by atoms with Crippen LogP contribution < -0.4 is 4.74 Å². The summed E-state index contributed by atoms with van der Waals surface area (Å²) in [5.74, 6) is 5.95. The van der Waals surface area contributed by atoms with Gasteiger partial charge in [0.1, 0.15) is 18.2 Å². The van der Waals surface area contributed by atoms with Gasteiger partial charge in [-0.15, -0.1) is 0 Å². The molecule has 3 heteroatoms. The zero-order chi connectivity index (χ0) is 14.8. The molecule has 0 aromatic heterocycles. The van der Waals surface area contributed by atoms with Gasteiger partial charge in [-0.05, 0) is 24.5 Å². The van der Waals surface area contributed by atoms with Crippen molar-refractivity contribution in [1.29, 1.82) is 0 Å². The molecule has 2 nitrogen and oxygen atoms in total. The lowest BCUT2D eigenvalue weighted by Gasteiger charge is -2.16. The van der Waals surface area contributed by atoms with Gasteiger partial charge >= 0.3 is 0 Å². The van der Waals surface area contributed by atoms with E-state index in [0.717, 1.165) is 12.8 Å². The number of ether oxygens (including phenoxy) is 1. The van der Waals surface area contributed by atoms with Crippen LogP contribution in [0.25, 0.3) is 0 Å². The molecule has 0 bridgehead atoms. The van der Waals surface area contributed by atoms with Gasteiger partial charge in [-0.3, -0.25) is 0 Å². The number of benzene rings is 1. The highest BCUT2D eigenvalue weighted by Crippen LogP contribution is 2.21. The lowest BCUT2D eigenvalue weighted by atomic mass is 10.0. The highest BCUT2D eigenvalue weighted by molar-refractivity contribution is 5.46. The summed E-state index contributed by atoms with van der Waals surface area (Å²) in [5.41, 5.74) is 0.616. The zero-order valence-corrected chi connectivity index (χ0v) is 12.3. The molecule has 0 heterocycles. The van der Waals surface area contributed by atoms with E-state index in [1.807, 2.05) is 0 Å². The molecule has 20 heavy (non-hydrogen) atoms. The Bertz CT molecular complexity index is 460. The summed E-state index contributed by atoms with van der Waals surface area (Å²) in [4.78, 5) is 0. The Hall–Kier alpha value is -1.53. The van der Waals surface area contributed by atoms with Crippen LogP contribution in [0, 0.1) is 23.6 Å². The molecule has 0 radical (unpaired) electrons. The van der Waals surface area contributed by atoms with Gasteiger partial charge in [0.05, 0.1) is 12.2 Å². The average Bonchev–Trinajstić information content (AvgIpc) is 2.46. The van der Waals surface area contributed by atoms with Crippen LogP contribution in [0.4, 0.5) is 4.39 Å². The molecule has 110 valence electrons. The highest BCUT2D eigenvalue weighted by Gasteiger charge is 2.09. The molecule has 0 aliphatic heterocycles. The van der Waals surface area contributed by atoms with E-state index >= 15 is 0 Å². The highest BCUT2D eigenvalue weighted by atomic mass is 19.1. The molecule has 0 saturated carbocycles. The first-order valence-corrected chi connectivity index (χ1v) is 7.23. The van der Waals surface area contributed by atoms with Crippen LogP contribution in [0.5, 0.6) is 5.75 Å². The molecule has 1 unspecified atom stereocenters. The SMILES string of the molecule is CCCCC(CC)COc1cc(F)ccc1C#CCO. The van der Waals surface area contributed by atoms with Gasteiger partial charge in [0.15, 0.2) is 0 Å². The molecule has 0 saturated heterocycles. The topological polar surface area (TPSA) is 29.5 Å². The van der Waals surface area contributed by atoms with Crippen LogP contribution in [0.1, 0.15) is 45.1 Å². The minimum atomic E-state index is -0.337. The third kappa shape index (κ3) is 5.63. The summed E-state index contributed by atoms with van der Waals surface area (Å²) in [7, 11) is 0. The Balaban J connectivity index is 2.72. The number of hydrogen-bond donors (Lipinski definition) is 1. The molecule has 0 spiro atoms. The predicted molar refractivity (Wildman–Crippen MR) is 79.2 cm³/mol. The standard InChI is InChI=1S/C17H23FO2/c1-3-5-7-14(4-2)13-20-17-12-16(18)10-9-15(17)8-6-11-19/h9-10,12,14,19H,3-5,7,11,13H2,1-2H3. The van der Waals surface area contributed by atoms with Gasteiger partial charge in [-0.1, -0.05) is 45.0 Å². The molecule has 0 fully saturated rings. The fourth-order valence-electron chi connectivity index (χ4n) is 1.96. The second-order valence-corrected chi connectivity index (χ2v) is 4.83. The van der Waals surface area contributed by atoms with Gasteiger partial charge in [-0.2, -0.15) is 0 Å². The quantitative estimate of drug-likeness (QED) is 0.769. The second-order valence-electron chi connectivity index (χ2n) is 4.83. The minimum absolute atomic E-state index is 0.217. The first kappa shape index (κ1) is 16.5. The maximum absolute atomic E-state index is 13.3. The van der Waals surface area contributed by atoms with Crippen molar-refractivity contribution in [2.75, 3.05) is 13.2 Å². The summed E-state index contributed by atoms with van der Waals surface area (Å²) >= 11 is 0. The summed E-state index contributed by atoms with van der Waals surface area (Å²) in [6, 6.07) is 4.29. The van der Waals surface area contributed by atoms with Crippen LogP contribution in [-0.2, 0) is 0 Å². The molecular formula is C17H23FO2. The zero-order valence-electron chi connectivity index (χ0n) is 12.3. The van der Waals surface area contributed by atoms with Crippen molar-refractivity contribution in [3.63, 3.8) is 0 Å². The van der Waals surface area contributed by atoms with Gasteiger partial charge in [0.25, 0.3) is 0 Å². The van der Waals surface area contributed by atoms with E-state index in [4.69, 9.17) is 9.84 Å². The molecule has 1 rings (SSSR count). The third-order valence-electron chi connectivity index (χ3n) is 3.26. The molecule has 1 aromatic carbocycles. The largest absolute Gasteiger partial charge is 0.492 e. The van der Waals surface area contributed by atoms with Crippen LogP contribution in [0.15, 0.2) is 18.2 Å². The molecule has 0 amide bonds. The minimum Gasteiger partial charge on any atom is -0.492 e. The van der Waals surface area contributed by atoms with E-state index in [2.05, 4.69) is 25.7 Å². The molecular weight excluding hydrogens is 255 g/mol. The van der Waals surface area contributed by atoms with Gasteiger partial charge in [0, 0.05) is 6.07 Å². The van der Waals surface area contributed by atoms with Gasteiger partial charge in [-0.25, -0.2) is 4.39 Å². The Morgan fingerprint density at radius 3 is 2.80 bits per heavy atom. The van der Waals surface area contributed by atoms with E-state index in [-0.39, 0.29) is 12.4 Å². The number of aliphatic hydroxyl groups excluding tert-OH is 1. The Kier molecular flexibility index (Phi) is 7.75. The first-order chi connectivity index (χ1) is 9.71. The smallest absolute Gasteiger partial charge is 0.137 e. The van der Waals surface area contributed by atoms with Crippen molar-refractivity contribution in [2.24, 2.45) is 5.92 Å². The molecule has 0 aliphatic rings. The first-order valence-electron chi connectivity index (χ1n) is 7.23. The fourth-order valence-corrected chi connectivity index (χ4v) is 1.96. The number of aliphatic hydroxyl groups is 1. The second kappa shape index (κ2) is 9.39. The Morgan fingerprint density at radius 2 is 2.15 bits per heavy atom. The van der Waals surface area contributed by atoms with Crippen LogP contribution in [0.2, 0.25) is 0 Å². The van der Waals surface area contributed by atoms with E-state index in [9.17, 15) is 4.39 Å². The maximum atomic E-state index is 13.3. The molecule has 1 atom stereocenters. The normalized spacial score (nSPS) is 11.6. The maximum Gasteiger partial charge on any atom is 0.137 e. The van der Waals surface area contributed by atoms with E-state index < -0.39 is 0 Å². The molecule has 1 aromatic rings. The Morgan fingerprint density at radius 1 is 1.35 bits per heavy atom. The number of halogens is 1. The summed E-state index contributed by atoms with van der Waals surface area (Å²) < 4.78 is 19.0. The number of unbranched alkanes of at least 4 members (excludes halogenated alkanes) is 1. The summed E-state index contributed by atoms with van der Waals surface area (Å²) in [5, 5.41) is 8.74. The Labute approximate surface area is 121 Å². The average molecular weight is 278 g/mol. The fraction of sp³-hybridized carbons (Fsp3) is 0.529. The van der Waals surface area contributed by atoms with Crippen molar-refractivity contribution >= 4 is 0 Å². The summed E-state index contributed by atoms with van der Waals surface area (Å²) in [6.45, 7) is 4.67. The van der Waals surface area contributed by atoms with E-state index in [1.54, 1.807) is 6.07 Å². The summed E-state index contributed by atoms with van der Waals surface area (Å²) in [6.07, 6.45) is 4.53.